The molecule has 1 atom stereocenters. The van der Waals surface area contributed by atoms with E-state index in [4.69, 9.17) is 9.47 Å². The van der Waals surface area contributed by atoms with E-state index in [-0.39, 0.29) is 11.9 Å². The number of esters is 1. The van der Waals surface area contributed by atoms with Crippen molar-refractivity contribution in [1.29, 1.82) is 0 Å². The second kappa shape index (κ2) is 9.04. The van der Waals surface area contributed by atoms with E-state index in [2.05, 4.69) is 46.3 Å². The minimum Gasteiger partial charge on any atom is -0.497 e. The first-order valence-corrected chi connectivity index (χ1v) is 10.3. The van der Waals surface area contributed by atoms with E-state index in [0.29, 0.717) is 13.1 Å². The highest BCUT2D eigenvalue weighted by Gasteiger charge is 2.43. The molecule has 0 fully saturated rings. The molecule has 0 aromatic heterocycles. The van der Waals surface area contributed by atoms with Crippen LogP contribution in [0, 0.1) is 5.92 Å². The van der Waals surface area contributed by atoms with Crippen LogP contribution >= 0.6 is 0 Å². The fourth-order valence-electron chi connectivity index (χ4n) is 4.34. The number of methoxy groups -OCH3 is 2. The predicted molar refractivity (Wildman–Crippen MR) is 121 cm³/mol. The fourth-order valence-corrected chi connectivity index (χ4v) is 4.34. The molecular formula is C26H26N2O3. The van der Waals surface area contributed by atoms with Crippen LogP contribution < -0.4 is 4.74 Å². The second-order valence-electron chi connectivity index (χ2n) is 7.52. The maximum absolute atomic E-state index is 12.4. The van der Waals surface area contributed by atoms with Crippen molar-refractivity contribution in [3.63, 3.8) is 0 Å². The normalized spacial score (nSPS) is 16.1. The lowest BCUT2D eigenvalue weighted by molar-refractivity contribution is -0.145. The molecular weight excluding hydrogens is 388 g/mol. The highest BCUT2D eigenvalue weighted by molar-refractivity contribution is 5.75. The lowest BCUT2D eigenvalue weighted by Crippen LogP contribution is -2.52. The van der Waals surface area contributed by atoms with Crippen molar-refractivity contribution in [2.24, 2.45) is 10.9 Å². The molecule has 1 aliphatic rings. The average molecular weight is 415 g/mol. The minimum atomic E-state index is -0.676. The van der Waals surface area contributed by atoms with Crippen LogP contribution in [0.5, 0.6) is 5.75 Å². The molecule has 0 N–H and O–H groups in total. The van der Waals surface area contributed by atoms with Gasteiger partial charge in [-0.3, -0.25) is 9.79 Å². The van der Waals surface area contributed by atoms with Crippen molar-refractivity contribution in [3.05, 3.63) is 102 Å². The van der Waals surface area contributed by atoms with E-state index in [1.54, 1.807) is 7.11 Å². The number of nitrogens with zero attached hydrogens (tertiary/aromatic N) is 2. The van der Waals surface area contributed by atoms with Crippen LogP contribution in [-0.4, -0.2) is 44.5 Å². The summed E-state index contributed by atoms with van der Waals surface area (Å²) in [4.78, 5) is 19.1. The van der Waals surface area contributed by atoms with E-state index in [0.717, 1.165) is 22.4 Å². The van der Waals surface area contributed by atoms with Gasteiger partial charge in [-0.2, -0.15) is 0 Å². The van der Waals surface area contributed by atoms with Gasteiger partial charge < -0.3 is 14.4 Å². The van der Waals surface area contributed by atoms with Crippen molar-refractivity contribution >= 4 is 12.3 Å². The number of hydrogen-bond acceptors (Lipinski definition) is 5. The number of carbonyl (C=O) groups excluding carboxylic acids is 1. The predicted octanol–water partition coefficient (Wildman–Crippen LogP) is 4.12. The molecule has 1 aliphatic heterocycles. The van der Waals surface area contributed by atoms with E-state index in [1.165, 1.54) is 7.11 Å². The van der Waals surface area contributed by atoms with Gasteiger partial charge in [0.15, 0.2) is 0 Å². The summed E-state index contributed by atoms with van der Waals surface area (Å²) in [7, 11) is 3.09. The molecule has 0 amide bonds. The van der Waals surface area contributed by atoms with Gasteiger partial charge in [0.05, 0.1) is 33.0 Å². The fraction of sp³-hybridized carbons (Fsp3) is 0.231. The van der Waals surface area contributed by atoms with E-state index in [1.807, 2.05) is 54.9 Å². The lowest BCUT2D eigenvalue weighted by atomic mass is 9.75. The van der Waals surface area contributed by atoms with Crippen molar-refractivity contribution < 1.29 is 14.3 Å². The van der Waals surface area contributed by atoms with E-state index < -0.39 is 5.54 Å². The zero-order valence-corrected chi connectivity index (χ0v) is 17.8. The zero-order chi connectivity index (χ0) is 21.7. The molecule has 4 rings (SSSR count). The van der Waals surface area contributed by atoms with Gasteiger partial charge in [-0.05, 0) is 28.8 Å². The number of rotatable bonds is 6. The summed E-state index contributed by atoms with van der Waals surface area (Å²) in [5.74, 6) is 0.213. The molecule has 31 heavy (non-hydrogen) atoms. The molecule has 3 aromatic carbocycles. The first kappa shape index (κ1) is 20.7. The smallest absolute Gasteiger partial charge is 0.312 e. The van der Waals surface area contributed by atoms with Crippen LogP contribution in [0.4, 0.5) is 0 Å². The Morgan fingerprint density at radius 3 is 1.94 bits per heavy atom. The van der Waals surface area contributed by atoms with E-state index in [9.17, 15) is 4.79 Å². The Bertz CT molecular complexity index is 994. The van der Waals surface area contributed by atoms with Gasteiger partial charge in [0, 0.05) is 6.54 Å². The summed E-state index contributed by atoms with van der Waals surface area (Å²) in [5, 5.41) is 0. The molecule has 5 heteroatoms. The molecule has 0 saturated heterocycles. The standard InChI is InChI=1S/C26H26N2O3/c1-30-24-15-13-23(14-16-24)26(21-9-5-3-6-10-21,22-11-7-4-8-12-22)28-18-20(17-27-19-28)25(29)31-2/h3-16,19-20H,17-18H2,1-2H3. The highest BCUT2D eigenvalue weighted by atomic mass is 16.5. The number of hydrogen-bond donors (Lipinski definition) is 0. The second-order valence-corrected chi connectivity index (χ2v) is 7.52. The van der Waals surface area contributed by atoms with E-state index >= 15 is 0 Å². The number of ether oxygens (including phenoxy) is 2. The first-order chi connectivity index (χ1) is 15.2. The summed E-state index contributed by atoms with van der Waals surface area (Å²) in [6.45, 7) is 0.914. The number of carbonyl (C=O) groups is 1. The third-order valence-corrected chi connectivity index (χ3v) is 5.82. The zero-order valence-electron chi connectivity index (χ0n) is 17.8. The molecule has 1 heterocycles. The van der Waals surface area contributed by atoms with Gasteiger partial charge in [-0.15, -0.1) is 0 Å². The van der Waals surface area contributed by atoms with Crippen LogP contribution in [0.15, 0.2) is 89.9 Å². The van der Waals surface area contributed by atoms with Crippen LogP contribution in [-0.2, 0) is 15.1 Å². The Morgan fingerprint density at radius 2 is 1.42 bits per heavy atom. The summed E-state index contributed by atoms with van der Waals surface area (Å²) in [5.41, 5.74) is 2.56. The third-order valence-electron chi connectivity index (χ3n) is 5.82. The molecule has 0 saturated carbocycles. The number of aliphatic imine (C=N–C) groups is 1. The Morgan fingerprint density at radius 1 is 0.871 bits per heavy atom. The lowest BCUT2D eigenvalue weighted by Gasteiger charge is -2.46. The maximum atomic E-state index is 12.4. The molecule has 0 bridgehead atoms. The summed E-state index contributed by atoms with van der Waals surface area (Å²) in [6.07, 6.45) is 1.86. The van der Waals surface area contributed by atoms with Crippen LogP contribution in [0.3, 0.4) is 0 Å². The van der Waals surface area contributed by atoms with Gasteiger partial charge in [0.2, 0.25) is 0 Å². The molecule has 158 valence electrons. The third kappa shape index (κ3) is 3.79. The van der Waals surface area contributed by atoms with Gasteiger partial charge in [-0.25, -0.2) is 0 Å². The minimum absolute atomic E-state index is 0.244. The van der Waals surface area contributed by atoms with Crippen molar-refractivity contribution in [2.45, 2.75) is 5.54 Å². The summed E-state index contributed by atoms with van der Waals surface area (Å²) in [6, 6.07) is 28.7. The van der Waals surface area contributed by atoms with Crippen molar-refractivity contribution in [1.82, 2.24) is 4.90 Å². The maximum Gasteiger partial charge on any atom is 0.312 e. The van der Waals surface area contributed by atoms with Gasteiger partial charge in [0.25, 0.3) is 0 Å². The Balaban J connectivity index is 1.97. The van der Waals surface area contributed by atoms with Crippen molar-refractivity contribution in [2.75, 3.05) is 27.3 Å². The van der Waals surface area contributed by atoms with Crippen molar-refractivity contribution in [3.8, 4) is 5.75 Å². The van der Waals surface area contributed by atoms with Crippen LogP contribution in [0.1, 0.15) is 16.7 Å². The topological polar surface area (TPSA) is 51.1 Å². The molecule has 1 unspecified atom stereocenters. The molecule has 0 spiro atoms. The Labute approximate surface area is 183 Å². The van der Waals surface area contributed by atoms with Gasteiger partial charge in [0.1, 0.15) is 11.3 Å². The Hall–Kier alpha value is -3.60. The summed E-state index contributed by atoms with van der Waals surface area (Å²) < 4.78 is 10.4. The molecule has 5 nitrogen and oxygen atoms in total. The summed E-state index contributed by atoms with van der Waals surface area (Å²) >= 11 is 0. The number of benzene rings is 3. The first-order valence-electron chi connectivity index (χ1n) is 10.3. The molecule has 3 aromatic rings. The van der Waals surface area contributed by atoms with Crippen LogP contribution in [0.2, 0.25) is 0 Å². The van der Waals surface area contributed by atoms with Gasteiger partial charge >= 0.3 is 5.97 Å². The quantitative estimate of drug-likeness (QED) is 0.450. The molecule has 0 aliphatic carbocycles. The largest absolute Gasteiger partial charge is 0.497 e. The van der Waals surface area contributed by atoms with Crippen LogP contribution in [0.25, 0.3) is 0 Å². The highest BCUT2D eigenvalue weighted by Crippen LogP contribution is 2.43. The Kier molecular flexibility index (Phi) is 6.03. The monoisotopic (exact) mass is 414 g/mol. The van der Waals surface area contributed by atoms with Gasteiger partial charge in [-0.1, -0.05) is 72.8 Å². The average Bonchev–Trinajstić information content (AvgIpc) is 2.86. The SMILES string of the molecule is COC(=O)C1CN=CN(C(c2ccccc2)(c2ccccc2)c2ccc(OC)cc2)C1. The molecule has 0 radical (unpaired) electrons.